The monoisotopic (exact) mass is 330 g/mol. The van der Waals surface area contributed by atoms with Crippen molar-refractivity contribution in [2.24, 2.45) is 5.92 Å². The molecule has 3 rings (SSSR count). The minimum atomic E-state index is -0.216. The molecule has 24 heavy (non-hydrogen) atoms. The van der Waals surface area contributed by atoms with E-state index in [4.69, 9.17) is 4.74 Å². The molecule has 3 heterocycles. The second-order valence-corrected chi connectivity index (χ2v) is 6.24. The predicted molar refractivity (Wildman–Crippen MR) is 88.2 cm³/mol. The zero-order chi connectivity index (χ0) is 17.1. The number of carbonyl (C=O) groups excluding carboxylic acids is 2. The van der Waals surface area contributed by atoms with Crippen molar-refractivity contribution < 1.29 is 14.3 Å². The SMILES string of the molecule is CC(=O)c1cnc2cc(C(=O)NCCCC3CCOC3)nn2c1C. The van der Waals surface area contributed by atoms with Gasteiger partial charge in [0.2, 0.25) is 0 Å². The van der Waals surface area contributed by atoms with Gasteiger partial charge >= 0.3 is 0 Å². The molecule has 0 aliphatic carbocycles. The zero-order valence-corrected chi connectivity index (χ0v) is 14.0. The number of ketones is 1. The first-order valence-electron chi connectivity index (χ1n) is 8.28. The fraction of sp³-hybridized carbons (Fsp3) is 0.529. The van der Waals surface area contributed by atoms with Crippen LogP contribution in [0.5, 0.6) is 0 Å². The molecule has 1 amide bonds. The Hall–Kier alpha value is -2.28. The molecule has 1 aliphatic heterocycles. The highest BCUT2D eigenvalue weighted by Gasteiger charge is 2.17. The molecule has 0 aromatic carbocycles. The molecule has 0 spiro atoms. The number of Topliss-reactive ketones (excluding diaryl/α,β-unsaturated/α-hetero) is 1. The van der Waals surface area contributed by atoms with Gasteiger partial charge in [0.25, 0.3) is 5.91 Å². The van der Waals surface area contributed by atoms with Crippen LogP contribution in [0.25, 0.3) is 5.65 Å². The number of hydrogen-bond acceptors (Lipinski definition) is 5. The van der Waals surface area contributed by atoms with Crippen LogP contribution in [0.4, 0.5) is 0 Å². The summed E-state index contributed by atoms with van der Waals surface area (Å²) in [6.07, 6.45) is 4.64. The predicted octanol–water partition coefficient (Wildman–Crippen LogP) is 1.79. The number of amides is 1. The van der Waals surface area contributed by atoms with Gasteiger partial charge in [-0.1, -0.05) is 0 Å². The lowest BCUT2D eigenvalue weighted by Gasteiger charge is -2.07. The fourth-order valence-electron chi connectivity index (χ4n) is 3.00. The number of aromatic nitrogens is 3. The van der Waals surface area contributed by atoms with E-state index in [2.05, 4.69) is 15.4 Å². The number of nitrogens with one attached hydrogen (secondary N) is 1. The van der Waals surface area contributed by atoms with Crippen molar-refractivity contribution in [3.63, 3.8) is 0 Å². The van der Waals surface area contributed by atoms with Crippen LogP contribution in [-0.2, 0) is 4.74 Å². The van der Waals surface area contributed by atoms with Gasteiger partial charge in [0, 0.05) is 32.0 Å². The third-order valence-electron chi connectivity index (χ3n) is 4.43. The second kappa shape index (κ2) is 7.09. The van der Waals surface area contributed by atoms with Gasteiger partial charge < -0.3 is 10.1 Å². The molecule has 0 bridgehead atoms. The van der Waals surface area contributed by atoms with Crippen LogP contribution < -0.4 is 5.32 Å². The van der Waals surface area contributed by atoms with E-state index in [1.165, 1.54) is 13.1 Å². The molecule has 1 atom stereocenters. The van der Waals surface area contributed by atoms with Crippen LogP contribution >= 0.6 is 0 Å². The minimum absolute atomic E-state index is 0.0701. The molecule has 7 nitrogen and oxygen atoms in total. The first kappa shape index (κ1) is 16.6. The largest absolute Gasteiger partial charge is 0.381 e. The molecule has 1 fully saturated rings. The van der Waals surface area contributed by atoms with Crippen molar-refractivity contribution in [3.8, 4) is 0 Å². The number of hydrogen-bond donors (Lipinski definition) is 1. The summed E-state index contributed by atoms with van der Waals surface area (Å²) in [5.74, 6) is 0.334. The number of rotatable bonds is 6. The van der Waals surface area contributed by atoms with E-state index < -0.39 is 0 Å². The molecule has 0 radical (unpaired) electrons. The zero-order valence-electron chi connectivity index (χ0n) is 14.0. The molecule has 1 saturated heterocycles. The molecule has 1 unspecified atom stereocenters. The molecule has 7 heteroatoms. The van der Waals surface area contributed by atoms with Crippen LogP contribution in [0, 0.1) is 12.8 Å². The number of ether oxygens (including phenoxy) is 1. The van der Waals surface area contributed by atoms with Crippen molar-refractivity contribution in [2.45, 2.75) is 33.1 Å². The normalized spacial score (nSPS) is 17.3. The summed E-state index contributed by atoms with van der Waals surface area (Å²) in [6.45, 7) is 5.59. The van der Waals surface area contributed by atoms with Crippen LogP contribution in [0.1, 0.15) is 52.7 Å². The van der Waals surface area contributed by atoms with E-state index in [1.807, 2.05) is 0 Å². The standard InChI is InChI=1S/C17H22N4O3/c1-11-14(12(2)22)9-19-16-8-15(20-21(11)16)17(23)18-6-3-4-13-5-7-24-10-13/h8-9,13H,3-7,10H2,1-2H3,(H,18,23). The Kier molecular flexibility index (Phi) is 4.89. The molecular formula is C17H22N4O3. The molecule has 0 saturated carbocycles. The van der Waals surface area contributed by atoms with Crippen molar-refractivity contribution in [2.75, 3.05) is 19.8 Å². The topological polar surface area (TPSA) is 85.6 Å². The second-order valence-electron chi connectivity index (χ2n) is 6.24. The summed E-state index contributed by atoms with van der Waals surface area (Å²) in [4.78, 5) is 28.0. The van der Waals surface area contributed by atoms with Crippen molar-refractivity contribution >= 4 is 17.3 Å². The van der Waals surface area contributed by atoms with Crippen LogP contribution in [0.15, 0.2) is 12.3 Å². The fourth-order valence-corrected chi connectivity index (χ4v) is 3.00. The first-order valence-corrected chi connectivity index (χ1v) is 8.28. The molecule has 128 valence electrons. The van der Waals surface area contributed by atoms with E-state index in [0.29, 0.717) is 35.1 Å². The maximum atomic E-state index is 12.2. The van der Waals surface area contributed by atoms with E-state index >= 15 is 0 Å². The van der Waals surface area contributed by atoms with Gasteiger partial charge in [-0.2, -0.15) is 5.10 Å². The van der Waals surface area contributed by atoms with Crippen LogP contribution in [-0.4, -0.2) is 46.0 Å². The summed E-state index contributed by atoms with van der Waals surface area (Å²) < 4.78 is 6.89. The number of carbonyl (C=O) groups is 2. The smallest absolute Gasteiger partial charge is 0.271 e. The van der Waals surface area contributed by atoms with Crippen LogP contribution in [0.2, 0.25) is 0 Å². The summed E-state index contributed by atoms with van der Waals surface area (Å²) in [7, 11) is 0. The average molecular weight is 330 g/mol. The highest BCUT2D eigenvalue weighted by Crippen LogP contribution is 2.17. The summed E-state index contributed by atoms with van der Waals surface area (Å²) >= 11 is 0. The lowest BCUT2D eigenvalue weighted by Crippen LogP contribution is -2.25. The van der Waals surface area contributed by atoms with E-state index in [1.54, 1.807) is 17.5 Å². The van der Waals surface area contributed by atoms with E-state index in [0.717, 1.165) is 32.5 Å². The van der Waals surface area contributed by atoms with Crippen molar-refractivity contribution in [3.05, 3.63) is 29.2 Å². The maximum absolute atomic E-state index is 12.2. The quantitative estimate of drug-likeness (QED) is 0.644. The highest BCUT2D eigenvalue weighted by atomic mass is 16.5. The lowest BCUT2D eigenvalue weighted by molar-refractivity contribution is 0.0946. The van der Waals surface area contributed by atoms with Crippen LogP contribution in [0.3, 0.4) is 0 Å². The number of nitrogens with zero attached hydrogens (tertiary/aromatic N) is 3. The Labute approximate surface area is 140 Å². The molecule has 1 aliphatic rings. The van der Waals surface area contributed by atoms with Gasteiger partial charge in [0.05, 0.1) is 11.3 Å². The Morgan fingerprint density at radius 2 is 2.29 bits per heavy atom. The van der Waals surface area contributed by atoms with E-state index in [9.17, 15) is 9.59 Å². The summed E-state index contributed by atoms with van der Waals surface area (Å²) in [5, 5.41) is 7.17. The highest BCUT2D eigenvalue weighted by molar-refractivity contribution is 5.95. The molecule has 1 N–H and O–H groups in total. The van der Waals surface area contributed by atoms with Gasteiger partial charge in [-0.05, 0) is 39.0 Å². The van der Waals surface area contributed by atoms with Gasteiger partial charge in [0.15, 0.2) is 17.1 Å². The lowest BCUT2D eigenvalue weighted by atomic mass is 10.0. The number of aryl methyl sites for hydroxylation is 1. The van der Waals surface area contributed by atoms with Gasteiger partial charge in [0.1, 0.15) is 0 Å². The Morgan fingerprint density at radius 1 is 1.46 bits per heavy atom. The Morgan fingerprint density at radius 3 is 3.00 bits per heavy atom. The number of fused-ring (bicyclic) bond motifs is 1. The minimum Gasteiger partial charge on any atom is -0.381 e. The third-order valence-corrected chi connectivity index (χ3v) is 4.43. The molecule has 2 aromatic rings. The maximum Gasteiger partial charge on any atom is 0.271 e. The molecular weight excluding hydrogens is 308 g/mol. The van der Waals surface area contributed by atoms with Gasteiger partial charge in [-0.15, -0.1) is 0 Å². The van der Waals surface area contributed by atoms with Crippen molar-refractivity contribution in [1.29, 1.82) is 0 Å². The van der Waals surface area contributed by atoms with Crippen molar-refractivity contribution in [1.82, 2.24) is 19.9 Å². The Bertz CT molecular complexity index is 763. The molecule has 2 aromatic heterocycles. The average Bonchev–Trinajstić information content (AvgIpc) is 3.21. The van der Waals surface area contributed by atoms with E-state index in [-0.39, 0.29) is 11.7 Å². The third kappa shape index (κ3) is 3.46. The van der Waals surface area contributed by atoms with Gasteiger partial charge in [-0.3, -0.25) is 9.59 Å². The summed E-state index contributed by atoms with van der Waals surface area (Å²) in [5.41, 5.74) is 2.07. The first-order chi connectivity index (χ1) is 11.6. The van der Waals surface area contributed by atoms with Gasteiger partial charge in [-0.25, -0.2) is 9.50 Å². The Balaban J connectivity index is 1.62. The summed E-state index contributed by atoms with van der Waals surface area (Å²) in [6, 6.07) is 1.64.